The van der Waals surface area contributed by atoms with Crippen LogP contribution in [0.1, 0.15) is 0 Å². The summed E-state index contributed by atoms with van der Waals surface area (Å²) in [5.74, 6) is 0.277. The van der Waals surface area contributed by atoms with E-state index in [9.17, 15) is 8.42 Å². The third-order valence-corrected chi connectivity index (χ3v) is 3.01. The largest absolute Gasteiger partial charge is 0.284 e. The molecule has 0 aliphatic rings. The Hall–Kier alpha value is -1.89. The van der Waals surface area contributed by atoms with E-state index in [1.807, 2.05) is 0 Å². The van der Waals surface area contributed by atoms with Crippen LogP contribution in [0.5, 0.6) is 0 Å². The summed E-state index contributed by atoms with van der Waals surface area (Å²) < 4.78 is 25.6. The smallest absolute Gasteiger partial charge is 0.266 e. The molecule has 2 aromatic heterocycles. The Bertz CT molecular complexity index is 521. The molecule has 2 heterocycles. The van der Waals surface area contributed by atoms with Gasteiger partial charge in [0.05, 0.1) is 6.20 Å². The summed E-state index contributed by atoms with van der Waals surface area (Å²) in [7, 11) is -3.58. The second-order valence-corrected chi connectivity index (χ2v) is 4.44. The lowest BCUT2D eigenvalue weighted by Gasteiger charge is -2.03. The maximum Gasteiger partial charge on any atom is 0.266 e. The van der Waals surface area contributed by atoms with Gasteiger partial charge in [-0.1, -0.05) is 6.07 Å². The maximum absolute atomic E-state index is 11.7. The molecule has 0 aliphatic carbocycles. The molecule has 0 spiro atoms. The van der Waals surface area contributed by atoms with Crippen molar-refractivity contribution in [2.75, 3.05) is 4.72 Å². The second kappa shape index (κ2) is 3.70. The highest BCUT2D eigenvalue weighted by atomic mass is 32.2. The summed E-state index contributed by atoms with van der Waals surface area (Å²) in [4.78, 5) is 3.93. The van der Waals surface area contributed by atoms with Crippen molar-refractivity contribution in [3.63, 3.8) is 0 Å². The number of sulfonamides is 1. The van der Waals surface area contributed by atoms with Gasteiger partial charge in [0.15, 0.2) is 0 Å². The van der Waals surface area contributed by atoms with E-state index in [0.29, 0.717) is 0 Å². The van der Waals surface area contributed by atoms with Gasteiger partial charge in [-0.3, -0.25) is 9.82 Å². The molecule has 0 saturated heterocycles. The van der Waals surface area contributed by atoms with Crippen molar-refractivity contribution in [3.05, 3.63) is 36.8 Å². The fourth-order valence-corrected chi connectivity index (χ4v) is 1.92. The first-order valence-corrected chi connectivity index (χ1v) is 5.59. The zero-order valence-corrected chi connectivity index (χ0v) is 8.40. The van der Waals surface area contributed by atoms with Gasteiger partial charge in [-0.25, -0.2) is 13.4 Å². The van der Waals surface area contributed by atoms with Crippen LogP contribution in [0.15, 0.2) is 41.7 Å². The first kappa shape index (κ1) is 9.66. The van der Waals surface area contributed by atoms with Crippen molar-refractivity contribution in [1.82, 2.24) is 15.2 Å². The molecule has 0 radical (unpaired) electrons. The zero-order valence-electron chi connectivity index (χ0n) is 7.58. The number of anilines is 1. The van der Waals surface area contributed by atoms with Gasteiger partial charge in [0, 0.05) is 12.4 Å². The Morgan fingerprint density at radius 2 is 2.20 bits per heavy atom. The van der Waals surface area contributed by atoms with Crippen LogP contribution >= 0.6 is 0 Å². The van der Waals surface area contributed by atoms with Gasteiger partial charge in [0.1, 0.15) is 10.7 Å². The highest BCUT2D eigenvalue weighted by Gasteiger charge is 2.15. The van der Waals surface area contributed by atoms with E-state index in [2.05, 4.69) is 19.9 Å². The Labute approximate surface area is 86.4 Å². The van der Waals surface area contributed by atoms with Gasteiger partial charge in [0.2, 0.25) is 0 Å². The van der Waals surface area contributed by atoms with Gasteiger partial charge in [-0.15, -0.1) is 0 Å². The number of aromatic amines is 1. The van der Waals surface area contributed by atoms with Gasteiger partial charge >= 0.3 is 0 Å². The number of nitrogens with zero attached hydrogens (tertiary/aromatic N) is 2. The number of hydrogen-bond acceptors (Lipinski definition) is 4. The molecule has 0 bridgehead atoms. The van der Waals surface area contributed by atoms with Crippen LogP contribution in [0, 0.1) is 0 Å². The van der Waals surface area contributed by atoms with Crippen molar-refractivity contribution < 1.29 is 8.42 Å². The van der Waals surface area contributed by atoms with E-state index < -0.39 is 10.0 Å². The topological polar surface area (TPSA) is 87.7 Å². The molecule has 6 nitrogen and oxygen atoms in total. The van der Waals surface area contributed by atoms with E-state index in [1.54, 1.807) is 18.2 Å². The summed E-state index contributed by atoms with van der Waals surface area (Å²) in [6.45, 7) is 0. The molecule has 0 atom stereocenters. The highest BCUT2D eigenvalue weighted by molar-refractivity contribution is 7.92. The van der Waals surface area contributed by atoms with E-state index >= 15 is 0 Å². The predicted octanol–water partition coefficient (Wildman–Crippen LogP) is 0.605. The number of hydrogen-bond donors (Lipinski definition) is 2. The third kappa shape index (κ3) is 2.13. The normalized spacial score (nSPS) is 11.2. The van der Waals surface area contributed by atoms with Crippen LogP contribution in [-0.2, 0) is 10.0 Å². The first-order valence-electron chi connectivity index (χ1n) is 4.11. The van der Waals surface area contributed by atoms with E-state index in [-0.39, 0.29) is 10.7 Å². The number of pyridine rings is 1. The SMILES string of the molecule is O=S(=O)(Nc1ccccn1)c1cn[nH]c1. The average molecular weight is 224 g/mol. The molecule has 0 fully saturated rings. The van der Waals surface area contributed by atoms with Crippen LogP contribution in [0.3, 0.4) is 0 Å². The molecule has 2 N–H and O–H groups in total. The highest BCUT2D eigenvalue weighted by Crippen LogP contribution is 2.11. The van der Waals surface area contributed by atoms with Crippen molar-refractivity contribution in [2.24, 2.45) is 0 Å². The van der Waals surface area contributed by atoms with Crippen LogP contribution in [-0.4, -0.2) is 23.6 Å². The third-order valence-electron chi connectivity index (χ3n) is 1.69. The molecular weight excluding hydrogens is 216 g/mol. The molecule has 78 valence electrons. The minimum absolute atomic E-state index is 0.0770. The number of nitrogens with one attached hydrogen (secondary N) is 2. The number of H-pyrrole nitrogens is 1. The van der Waals surface area contributed by atoms with E-state index in [4.69, 9.17) is 0 Å². The Morgan fingerprint density at radius 1 is 1.33 bits per heavy atom. The summed E-state index contributed by atoms with van der Waals surface area (Å²) in [5.41, 5.74) is 0. The van der Waals surface area contributed by atoms with E-state index in [1.165, 1.54) is 18.6 Å². The first-order chi connectivity index (χ1) is 7.18. The molecule has 2 rings (SSSR count). The van der Waals surface area contributed by atoms with Crippen LogP contribution in [0.4, 0.5) is 5.82 Å². The Balaban J connectivity index is 2.27. The predicted molar refractivity (Wildman–Crippen MR) is 53.6 cm³/mol. The molecular formula is C8H8N4O2S. The Kier molecular flexibility index (Phi) is 2.38. The second-order valence-electron chi connectivity index (χ2n) is 2.75. The molecule has 2 aromatic rings. The lowest BCUT2D eigenvalue weighted by molar-refractivity contribution is 0.601. The molecule has 7 heteroatoms. The van der Waals surface area contributed by atoms with Crippen molar-refractivity contribution >= 4 is 15.8 Å². The van der Waals surface area contributed by atoms with Crippen LogP contribution < -0.4 is 4.72 Å². The van der Waals surface area contributed by atoms with Crippen molar-refractivity contribution in [1.29, 1.82) is 0 Å². The standard InChI is InChI=1S/C8H8N4O2S/c13-15(14,7-5-10-11-6-7)12-8-3-1-2-4-9-8/h1-6H,(H,9,12)(H,10,11). The minimum Gasteiger partial charge on any atom is -0.284 e. The lowest BCUT2D eigenvalue weighted by Crippen LogP contribution is -2.12. The van der Waals surface area contributed by atoms with Gasteiger partial charge in [-0.05, 0) is 12.1 Å². The minimum atomic E-state index is -3.58. The average Bonchev–Trinajstić information content (AvgIpc) is 2.71. The number of rotatable bonds is 3. The number of aromatic nitrogens is 3. The molecule has 0 amide bonds. The van der Waals surface area contributed by atoms with Crippen LogP contribution in [0.25, 0.3) is 0 Å². The fraction of sp³-hybridized carbons (Fsp3) is 0. The molecule has 0 aromatic carbocycles. The van der Waals surface area contributed by atoms with E-state index in [0.717, 1.165) is 0 Å². The van der Waals surface area contributed by atoms with Gasteiger partial charge in [-0.2, -0.15) is 5.10 Å². The lowest BCUT2D eigenvalue weighted by atomic mass is 10.5. The zero-order chi connectivity index (χ0) is 10.7. The summed E-state index contributed by atoms with van der Waals surface area (Å²) >= 11 is 0. The summed E-state index contributed by atoms with van der Waals surface area (Å²) in [5, 5.41) is 6.00. The van der Waals surface area contributed by atoms with Crippen LogP contribution in [0.2, 0.25) is 0 Å². The fourth-order valence-electron chi connectivity index (χ4n) is 1.01. The Morgan fingerprint density at radius 3 is 2.80 bits per heavy atom. The molecule has 0 unspecified atom stereocenters. The monoisotopic (exact) mass is 224 g/mol. The van der Waals surface area contributed by atoms with Crippen molar-refractivity contribution in [2.45, 2.75) is 4.90 Å². The summed E-state index contributed by atoms with van der Waals surface area (Å²) in [6.07, 6.45) is 4.03. The maximum atomic E-state index is 11.7. The summed E-state index contributed by atoms with van der Waals surface area (Å²) in [6, 6.07) is 4.97. The van der Waals surface area contributed by atoms with Crippen molar-refractivity contribution in [3.8, 4) is 0 Å². The molecule has 0 aliphatic heterocycles. The molecule has 15 heavy (non-hydrogen) atoms. The van der Waals surface area contributed by atoms with Gasteiger partial charge in [0.25, 0.3) is 10.0 Å². The molecule has 0 saturated carbocycles. The quantitative estimate of drug-likeness (QED) is 0.799. The van der Waals surface area contributed by atoms with Gasteiger partial charge < -0.3 is 0 Å².